The van der Waals surface area contributed by atoms with Gasteiger partial charge in [0, 0.05) is 31.9 Å². The van der Waals surface area contributed by atoms with E-state index in [0.29, 0.717) is 12.5 Å². The predicted molar refractivity (Wildman–Crippen MR) is 61.3 cm³/mol. The highest BCUT2D eigenvalue weighted by Crippen LogP contribution is 2.39. The summed E-state index contributed by atoms with van der Waals surface area (Å²) in [7, 11) is 0. The summed E-state index contributed by atoms with van der Waals surface area (Å²) >= 11 is 0. The van der Waals surface area contributed by atoms with Crippen molar-refractivity contribution < 1.29 is 13.2 Å². The fourth-order valence-corrected chi connectivity index (χ4v) is 2.96. The molecule has 0 aromatic carbocycles. The van der Waals surface area contributed by atoms with Crippen LogP contribution in [0.25, 0.3) is 0 Å². The van der Waals surface area contributed by atoms with Crippen LogP contribution in [-0.4, -0.2) is 30.7 Å². The zero-order valence-corrected chi connectivity index (χ0v) is 9.74. The fourth-order valence-electron chi connectivity index (χ4n) is 2.96. The summed E-state index contributed by atoms with van der Waals surface area (Å²) in [5.74, 6) is 0.536. The van der Waals surface area contributed by atoms with E-state index >= 15 is 0 Å². The first kappa shape index (κ1) is 11.8. The van der Waals surface area contributed by atoms with Gasteiger partial charge in [-0.15, -0.1) is 0 Å². The summed E-state index contributed by atoms with van der Waals surface area (Å²) < 4.78 is 38.9. The number of alkyl halides is 3. The van der Waals surface area contributed by atoms with Crippen LogP contribution in [0, 0.1) is 5.92 Å². The number of pyridine rings is 1. The zero-order chi connectivity index (χ0) is 12.8. The first-order valence-electron chi connectivity index (χ1n) is 6.07. The minimum atomic E-state index is -4.34. The van der Waals surface area contributed by atoms with Crippen molar-refractivity contribution in [1.29, 1.82) is 0 Å². The Morgan fingerprint density at radius 1 is 1.33 bits per heavy atom. The summed E-state index contributed by atoms with van der Waals surface area (Å²) in [6.45, 7) is 2.31. The Labute approximate surface area is 103 Å². The number of aromatic nitrogens is 1. The highest BCUT2D eigenvalue weighted by Gasteiger charge is 2.42. The van der Waals surface area contributed by atoms with Crippen molar-refractivity contribution in [2.45, 2.75) is 18.6 Å². The average molecular weight is 257 g/mol. The van der Waals surface area contributed by atoms with Crippen LogP contribution < -0.4 is 10.2 Å². The molecule has 0 unspecified atom stereocenters. The first-order chi connectivity index (χ1) is 8.57. The van der Waals surface area contributed by atoms with E-state index in [2.05, 4.69) is 10.3 Å². The molecule has 0 spiro atoms. The third-order valence-corrected chi connectivity index (χ3v) is 3.81. The largest absolute Gasteiger partial charge is 0.419 e. The molecule has 2 fully saturated rings. The summed E-state index contributed by atoms with van der Waals surface area (Å²) in [4.78, 5) is 5.78. The van der Waals surface area contributed by atoms with Gasteiger partial charge < -0.3 is 10.2 Å². The molecule has 0 aliphatic carbocycles. The molecule has 1 aromatic heterocycles. The number of halogens is 3. The number of hydrogen-bond acceptors (Lipinski definition) is 3. The number of fused-ring (bicyclic) bond motifs is 1. The normalized spacial score (nSPS) is 27.6. The molecule has 3 nitrogen and oxygen atoms in total. The lowest BCUT2D eigenvalue weighted by molar-refractivity contribution is -0.137. The first-order valence-corrected chi connectivity index (χ1v) is 6.07. The van der Waals surface area contributed by atoms with Crippen LogP contribution in [0.1, 0.15) is 12.0 Å². The molecule has 18 heavy (non-hydrogen) atoms. The van der Waals surface area contributed by atoms with Gasteiger partial charge in [-0.25, -0.2) is 4.98 Å². The Morgan fingerprint density at radius 3 is 2.94 bits per heavy atom. The number of anilines is 1. The minimum absolute atomic E-state index is 0.0844. The van der Waals surface area contributed by atoms with E-state index in [1.54, 1.807) is 0 Å². The molecule has 3 rings (SSSR count). The quantitative estimate of drug-likeness (QED) is 0.833. The van der Waals surface area contributed by atoms with E-state index < -0.39 is 11.7 Å². The lowest BCUT2D eigenvalue weighted by Crippen LogP contribution is -2.36. The van der Waals surface area contributed by atoms with Crippen molar-refractivity contribution in [2.75, 3.05) is 24.5 Å². The van der Waals surface area contributed by atoms with Crippen molar-refractivity contribution in [1.82, 2.24) is 10.3 Å². The van der Waals surface area contributed by atoms with Gasteiger partial charge in [-0.2, -0.15) is 13.2 Å². The Hall–Kier alpha value is -1.30. The zero-order valence-electron chi connectivity index (χ0n) is 9.74. The van der Waals surface area contributed by atoms with Gasteiger partial charge in [-0.05, 0) is 24.5 Å². The Morgan fingerprint density at radius 2 is 2.17 bits per heavy atom. The molecular weight excluding hydrogens is 243 g/mol. The van der Waals surface area contributed by atoms with E-state index in [4.69, 9.17) is 0 Å². The molecule has 6 heteroatoms. The molecule has 1 N–H and O–H groups in total. The maximum atomic E-state index is 13.0. The second kappa shape index (κ2) is 4.12. The van der Waals surface area contributed by atoms with Gasteiger partial charge in [-0.1, -0.05) is 0 Å². The van der Waals surface area contributed by atoms with Crippen LogP contribution in [0.5, 0.6) is 0 Å². The van der Waals surface area contributed by atoms with E-state index in [1.165, 1.54) is 12.3 Å². The number of rotatable bonds is 1. The Bertz CT molecular complexity index is 446. The lowest BCUT2D eigenvalue weighted by atomic mass is 10.1. The monoisotopic (exact) mass is 257 g/mol. The highest BCUT2D eigenvalue weighted by molar-refractivity contribution is 5.51. The lowest BCUT2D eigenvalue weighted by Gasteiger charge is -2.27. The van der Waals surface area contributed by atoms with Crippen molar-refractivity contribution in [2.24, 2.45) is 5.92 Å². The maximum absolute atomic E-state index is 13.0. The van der Waals surface area contributed by atoms with Crippen LogP contribution in [0.3, 0.4) is 0 Å². The number of nitrogens with zero attached hydrogens (tertiary/aromatic N) is 2. The van der Waals surface area contributed by atoms with E-state index in [9.17, 15) is 13.2 Å². The molecule has 1 aromatic rings. The molecule has 0 bridgehead atoms. The van der Waals surface area contributed by atoms with Crippen LogP contribution in [0.15, 0.2) is 18.3 Å². The molecule has 98 valence electrons. The summed E-state index contributed by atoms with van der Waals surface area (Å²) in [6.07, 6.45) is -1.97. The standard InChI is InChI=1S/C12H14F3N3/c13-12(14,15)9-2-1-4-17-11(9)18-5-3-8-6-16-7-10(8)18/h1-2,4,8,10,16H,3,5-7H2/t8-,10+/m1/s1. The van der Waals surface area contributed by atoms with Gasteiger partial charge >= 0.3 is 6.18 Å². The Kier molecular flexibility index (Phi) is 2.69. The van der Waals surface area contributed by atoms with Gasteiger partial charge in [0.25, 0.3) is 0 Å². The fraction of sp³-hybridized carbons (Fsp3) is 0.583. The van der Waals surface area contributed by atoms with Crippen LogP contribution in [0.2, 0.25) is 0 Å². The number of nitrogens with one attached hydrogen (secondary N) is 1. The van der Waals surface area contributed by atoms with Crippen LogP contribution >= 0.6 is 0 Å². The molecule has 2 atom stereocenters. The van der Waals surface area contributed by atoms with E-state index in [-0.39, 0.29) is 11.9 Å². The van der Waals surface area contributed by atoms with Gasteiger partial charge in [-0.3, -0.25) is 0 Å². The predicted octanol–water partition coefficient (Wildman–Crippen LogP) is 1.90. The van der Waals surface area contributed by atoms with Crippen molar-refractivity contribution in [3.63, 3.8) is 0 Å². The third kappa shape index (κ3) is 1.84. The molecule has 0 amide bonds. The van der Waals surface area contributed by atoms with Crippen molar-refractivity contribution in [3.8, 4) is 0 Å². The second-order valence-electron chi connectivity index (χ2n) is 4.84. The topological polar surface area (TPSA) is 28.2 Å². The molecule has 2 aliphatic heterocycles. The highest BCUT2D eigenvalue weighted by atomic mass is 19.4. The third-order valence-electron chi connectivity index (χ3n) is 3.81. The maximum Gasteiger partial charge on any atom is 0.419 e. The van der Waals surface area contributed by atoms with Gasteiger partial charge in [0.2, 0.25) is 0 Å². The molecule has 0 radical (unpaired) electrons. The average Bonchev–Trinajstić information content (AvgIpc) is 2.89. The molecule has 2 aliphatic rings. The smallest absolute Gasteiger partial charge is 0.352 e. The molecule has 0 saturated carbocycles. The van der Waals surface area contributed by atoms with E-state index in [1.807, 2.05) is 4.90 Å². The summed E-state index contributed by atoms with van der Waals surface area (Å²) in [6, 6.07) is 2.60. The summed E-state index contributed by atoms with van der Waals surface area (Å²) in [5, 5.41) is 3.23. The molecular formula is C12H14F3N3. The summed E-state index contributed by atoms with van der Waals surface area (Å²) in [5.41, 5.74) is -0.627. The Balaban J connectivity index is 1.97. The van der Waals surface area contributed by atoms with Gasteiger partial charge in [0.1, 0.15) is 5.82 Å². The van der Waals surface area contributed by atoms with Gasteiger partial charge in [0.05, 0.1) is 5.56 Å². The van der Waals surface area contributed by atoms with Crippen molar-refractivity contribution in [3.05, 3.63) is 23.9 Å². The number of hydrogen-bond donors (Lipinski definition) is 1. The van der Waals surface area contributed by atoms with Gasteiger partial charge in [0.15, 0.2) is 0 Å². The molecule has 2 saturated heterocycles. The van der Waals surface area contributed by atoms with E-state index in [0.717, 1.165) is 25.6 Å². The van der Waals surface area contributed by atoms with Crippen LogP contribution in [-0.2, 0) is 6.18 Å². The second-order valence-corrected chi connectivity index (χ2v) is 4.84. The molecule has 3 heterocycles. The van der Waals surface area contributed by atoms with Crippen molar-refractivity contribution >= 4 is 5.82 Å². The van der Waals surface area contributed by atoms with Crippen LogP contribution in [0.4, 0.5) is 19.0 Å². The SMILES string of the molecule is FC(F)(F)c1cccnc1N1CC[C@@H]2CNC[C@@H]21. The minimum Gasteiger partial charge on any atom is -0.352 e.